The van der Waals surface area contributed by atoms with Crippen LogP contribution in [0.1, 0.15) is 21.6 Å². The minimum Gasteiger partial charge on any atom is -0.403 e. The number of halogens is 7. The first kappa shape index (κ1) is 25.5. The number of aryl methyl sites for hydroxylation is 1. The van der Waals surface area contributed by atoms with Gasteiger partial charge in [-0.2, -0.15) is 18.3 Å². The summed E-state index contributed by atoms with van der Waals surface area (Å²) in [6, 6.07) is 2.40. The highest BCUT2D eigenvalue weighted by Crippen LogP contribution is 2.46. The Morgan fingerprint density at radius 3 is 2.26 bits per heavy atom. The van der Waals surface area contributed by atoms with Gasteiger partial charge < -0.3 is 4.74 Å². The number of rotatable bonds is 4. The van der Waals surface area contributed by atoms with Gasteiger partial charge >= 0.3 is 12.1 Å². The Balaban J connectivity index is 2.41. The number of alkyl halides is 3. The Morgan fingerprint density at radius 1 is 1.12 bits per heavy atom. The van der Waals surface area contributed by atoms with Crippen LogP contribution >= 0.6 is 11.6 Å². The van der Waals surface area contributed by atoms with Crippen LogP contribution in [0.25, 0.3) is 11.1 Å². The number of carbonyl (C=O) groups excluding carboxylic acids is 1. The van der Waals surface area contributed by atoms with E-state index < -0.39 is 72.6 Å². The van der Waals surface area contributed by atoms with Crippen LogP contribution in [0.2, 0.25) is 5.15 Å². The van der Waals surface area contributed by atoms with Crippen LogP contribution in [0, 0.1) is 24.4 Å². The van der Waals surface area contributed by atoms with Crippen molar-refractivity contribution in [3.8, 4) is 17.0 Å². The lowest BCUT2D eigenvalue weighted by Crippen LogP contribution is -2.15. The molecule has 0 saturated carbocycles. The van der Waals surface area contributed by atoms with Crippen molar-refractivity contribution in [1.82, 2.24) is 14.8 Å². The molecular formula is C19H12ClF6N3O4S. The smallest absolute Gasteiger partial charge is 0.403 e. The van der Waals surface area contributed by atoms with E-state index >= 15 is 0 Å². The quantitative estimate of drug-likeness (QED) is 0.163. The van der Waals surface area contributed by atoms with Crippen LogP contribution in [0.5, 0.6) is 5.88 Å². The SMILES string of the molecule is Cc1c(-c2c(C(F)(F)F)nn(C)c2OC(=O)c2cccnc2Cl)c(F)c(F)c(F)c1S(C)(=O)=O. The summed E-state index contributed by atoms with van der Waals surface area (Å²) in [5, 5.41) is 2.81. The second-order valence-electron chi connectivity index (χ2n) is 6.92. The number of aromatic nitrogens is 3. The maximum absolute atomic E-state index is 14.9. The number of esters is 1. The third-order valence-corrected chi connectivity index (χ3v) is 6.10. The maximum atomic E-state index is 14.9. The summed E-state index contributed by atoms with van der Waals surface area (Å²) >= 11 is 5.79. The molecule has 182 valence electrons. The number of ether oxygens (including phenoxy) is 1. The van der Waals surface area contributed by atoms with Crippen molar-refractivity contribution in [2.75, 3.05) is 6.26 Å². The maximum Gasteiger partial charge on any atom is 0.435 e. The van der Waals surface area contributed by atoms with Crippen molar-refractivity contribution >= 4 is 27.4 Å². The number of hydrogen-bond acceptors (Lipinski definition) is 6. The van der Waals surface area contributed by atoms with Gasteiger partial charge in [0.1, 0.15) is 10.0 Å². The van der Waals surface area contributed by atoms with Crippen LogP contribution in [-0.2, 0) is 23.1 Å². The minimum absolute atomic E-state index is 0.373. The zero-order valence-corrected chi connectivity index (χ0v) is 18.8. The molecule has 15 heteroatoms. The largest absolute Gasteiger partial charge is 0.435 e. The van der Waals surface area contributed by atoms with Gasteiger partial charge in [0.15, 0.2) is 33.0 Å². The van der Waals surface area contributed by atoms with Crippen molar-refractivity contribution in [3.05, 3.63) is 57.8 Å². The van der Waals surface area contributed by atoms with E-state index in [1.54, 1.807) is 0 Å². The molecular weight excluding hydrogens is 516 g/mol. The lowest BCUT2D eigenvalue weighted by Gasteiger charge is -2.16. The fraction of sp³-hybridized carbons (Fsp3) is 0.211. The molecule has 0 N–H and O–H groups in total. The summed E-state index contributed by atoms with van der Waals surface area (Å²) in [5.41, 5.74) is -5.75. The molecule has 0 aliphatic rings. The van der Waals surface area contributed by atoms with Crippen LogP contribution in [0.15, 0.2) is 23.2 Å². The molecule has 3 rings (SSSR count). The molecule has 0 amide bonds. The van der Waals surface area contributed by atoms with Gasteiger partial charge in [0.2, 0.25) is 5.88 Å². The number of benzene rings is 1. The van der Waals surface area contributed by atoms with E-state index in [1.807, 2.05) is 0 Å². The molecule has 0 unspecified atom stereocenters. The average Bonchev–Trinajstić information content (AvgIpc) is 3.02. The van der Waals surface area contributed by atoms with E-state index in [2.05, 4.69) is 10.1 Å². The predicted molar refractivity (Wildman–Crippen MR) is 106 cm³/mol. The predicted octanol–water partition coefficient (Wildman–Crippen LogP) is 4.50. The number of carbonyl (C=O) groups is 1. The molecule has 3 aromatic rings. The van der Waals surface area contributed by atoms with Crippen LogP contribution < -0.4 is 4.74 Å². The van der Waals surface area contributed by atoms with Crippen LogP contribution in [-0.4, -0.2) is 35.4 Å². The first-order valence-corrected chi connectivity index (χ1v) is 11.2. The summed E-state index contributed by atoms with van der Waals surface area (Å²) in [6.07, 6.45) is -3.64. The summed E-state index contributed by atoms with van der Waals surface area (Å²) in [6.45, 7) is 0.772. The van der Waals surface area contributed by atoms with Crippen molar-refractivity contribution in [3.63, 3.8) is 0 Å². The minimum atomic E-state index is -5.31. The van der Waals surface area contributed by atoms with E-state index in [0.717, 1.165) is 20.0 Å². The summed E-state index contributed by atoms with van der Waals surface area (Å²) in [5.74, 6) is -8.97. The normalized spacial score (nSPS) is 12.2. The van der Waals surface area contributed by atoms with Gasteiger partial charge in [-0.3, -0.25) is 0 Å². The zero-order valence-electron chi connectivity index (χ0n) is 17.3. The summed E-state index contributed by atoms with van der Waals surface area (Å²) in [4.78, 5) is 14.8. The Morgan fingerprint density at radius 2 is 1.74 bits per heavy atom. The first-order chi connectivity index (χ1) is 15.6. The lowest BCUT2D eigenvalue weighted by molar-refractivity contribution is -0.141. The van der Waals surface area contributed by atoms with Crippen molar-refractivity contribution < 1.29 is 44.3 Å². The lowest BCUT2D eigenvalue weighted by atomic mass is 9.98. The van der Waals surface area contributed by atoms with E-state index in [0.29, 0.717) is 10.9 Å². The van der Waals surface area contributed by atoms with Gasteiger partial charge in [0.05, 0.1) is 11.1 Å². The van der Waals surface area contributed by atoms with Gasteiger partial charge in [-0.1, -0.05) is 11.6 Å². The van der Waals surface area contributed by atoms with Gasteiger partial charge in [0.25, 0.3) is 0 Å². The van der Waals surface area contributed by atoms with E-state index in [4.69, 9.17) is 16.3 Å². The van der Waals surface area contributed by atoms with E-state index in [-0.39, 0.29) is 10.7 Å². The highest BCUT2D eigenvalue weighted by Gasteiger charge is 2.43. The van der Waals surface area contributed by atoms with Gasteiger partial charge in [0, 0.05) is 25.1 Å². The average molecular weight is 528 g/mol. The third-order valence-electron chi connectivity index (χ3n) is 4.57. The van der Waals surface area contributed by atoms with Gasteiger partial charge in [-0.05, 0) is 24.6 Å². The Labute approximate surface area is 192 Å². The van der Waals surface area contributed by atoms with Crippen LogP contribution in [0.3, 0.4) is 0 Å². The second kappa shape index (κ2) is 8.58. The standard InChI is InChI=1S/C19H12ClF6N3O4S/c1-7-9(11(21)12(22)13(23)14(7)34(3,31)32)10-15(19(24,25)26)28-29(2)17(10)33-18(30)8-5-4-6-27-16(8)20/h4-6H,1-3H3. The summed E-state index contributed by atoms with van der Waals surface area (Å²) in [7, 11) is -3.68. The summed E-state index contributed by atoms with van der Waals surface area (Å²) < 4.78 is 114. The number of nitrogens with zero attached hydrogens (tertiary/aromatic N) is 3. The van der Waals surface area contributed by atoms with Crippen molar-refractivity contribution in [2.45, 2.75) is 18.0 Å². The molecule has 2 heterocycles. The number of sulfone groups is 1. The topological polar surface area (TPSA) is 91.2 Å². The molecule has 0 spiro atoms. The Kier molecular flexibility index (Phi) is 6.43. The van der Waals surface area contributed by atoms with Gasteiger partial charge in [-0.15, -0.1) is 0 Å². The molecule has 0 saturated heterocycles. The first-order valence-electron chi connectivity index (χ1n) is 8.91. The fourth-order valence-corrected chi connectivity index (χ4v) is 4.49. The highest BCUT2D eigenvalue weighted by molar-refractivity contribution is 7.90. The van der Waals surface area contributed by atoms with Crippen LogP contribution in [0.4, 0.5) is 26.3 Å². The molecule has 0 fully saturated rings. The fourth-order valence-electron chi connectivity index (χ4n) is 3.22. The number of pyridine rings is 1. The third kappa shape index (κ3) is 4.34. The molecule has 7 nitrogen and oxygen atoms in total. The molecule has 34 heavy (non-hydrogen) atoms. The highest BCUT2D eigenvalue weighted by atomic mass is 35.5. The molecule has 2 aromatic heterocycles. The molecule has 0 bridgehead atoms. The van der Waals surface area contributed by atoms with Crippen molar-refractivity contribution in [1.29, 1.82) is 0 Å². The molecule has 0 atom stereocenters. The Hall–Kier alpha value is -3.13. The molecule has 0 aliphatic carbocycles. The molecule has 0 aliphatic heterocycles. The molecule has 0 radical (unpaired) electrons. The monoisotopic (exact) mass is 527 g/mol. The molecule has 1 aromatic carbocycles. The van der Waals surface area contributed by atoms with Gasteiger partial charge in [-0.25, -0.2) is 36.0 Å². The van der Waals surface area contributed by atoms with Crippen molar-refractivity contribution in [2.24, 2.45) is 7.05 Å². The second-order valence-corrected chi connectivity index (χ2v) is 9.24. The zero-order chi connectivity index (χ0) is 25.7. The Bertz CT molecular complexity index is 1440. The van der Waals surface area contributed by atoms with E-state index in [1.165, 1.54) is 12.3 Å². The number of hydrogen-bond donors (Lipinski definition) is 0. The van der Waals surface area contributed by atoms with E-state index in [9.17, 15) is 39.6 Å².